The third kappa shape index (κ3) is 1.80. The monoisotopic (exact) mass is 148 g/mol. The van der Waals surface area contributed by atoms with Gasteiger partial charge >= 0.3 is 0 Å². The maximum atomic E-state index is 3.92. The van der Waals surface area contributed by atoms with Crippen LogP contribution in [0.4, 0.5) is 0 Å². The number of hydrogen-bond acceptors (Lipinski definition) is 1. The molecule has 0 atom stereocenters. The van der Waals surface area contributed by atoms with E-state index in [9.17, 15) is 0 Å². The molecule has 0 spiro atoms. The molecule has 1 aromatic heterocycles. The minimum absolute atomic E-state index is 1.04. The van der Waals surface area contributed by atoms with Crippen molar-refractivity contribution in [3.05, 3.63) is 28.9 Å². The number of allylic oxidation sites excluding steroid dienone is 1. The standard InChI is InChI=1S/C9H12N2/c1-4-9-8(5-7(2)3)6-10-11-9/h4-6,11H,2H2,1,3H3. The Kier molecular flexibility index (Phi) is 2.26. The first-order valence-corrected chi connectivity index (χ1v) is 3.57. The van der Waals surface area contributed by atoms with Crippen molar-refractivity contribution >= 4 is 12.2 Å². The third-order valence-corrected chi connectivity index (χ3v) is 1.39. The lowest BCUT2D eigenvalue weighted by Gasteiger charge is -1.80. The van der Waals surface area contributed by atoms with Crippen molar-refractivity contribution < 1.29 is 0 Å². The third-order valence-electron chi connectivity index (χ3n) is 1.39. The van der Waals surface area contributed by atoms with Crippen LogP contribution in [0.15, 0.2) is 18.3 Å². The lowest BCUT2D eigenvalue weighted by molar-refractivity contribution is 1.06. The fourth-order valence-electron chi connectivity index (χ4n) is 0.917. The largest absolute Gasteiger partial charge is 0.278 e. The molecule has 0 bridgehead atoms. The number of hydrogen-bond donors (Lipinski definition) is 1. The van der Waals surface area contributed by atoms with E-state index in [-0.39, 0.29) is 0 Å². The molecule has 0 radical (unpaired) electrons. The Hall–Kier alpha value is -1.31. The molecule has 0 saturated heterocycles. The molecule has 1 N–H and O–H groups in total. The van der Waals surface area contributed by atoms with E-state index in [2.05, 4.69) is 16.8 Å². The number of nitrogens with zero attached hydrogens (tertiary/aromatic N) is 1. The van der Waals surface area contributed by atoms with Crippen LogP contribution in [0.25, 0.3) is 12.2 Å². The summed E-state index contributed by atoms with van der Waals surface area (Å²) in [7, 11) is 0. The van der Waals surface area contributed by atoms with Crippen LogP contribution < -0.4 is 10.6 Å². The van der Waals surface area contributed by atoms with Crippen molar-refractivity contribution in [2.24, 2.45) is 0 Å². The van der Waals surface area contributed by atoms with E-state index in [1.165, 1.54) is 0 Å². The van der Waals surface area contributed by atoms with Crippen molar-refractivity contribution in [1.82, 2.24) is 10.2 Å². The molecule has 2 heteroatoms. The lowest BCUT2D eigenvalue weighted by atomic mass is 10.3. The van der Waals surface area contributed by atoms with Gasteiger partial charge in [-0.3, -0.25) is 5.10 Å². The van der Waals surface area contributed by atoms with Gasteiger partial charge in [-0.1, -0.05) is 18.2 Å². The number of H-pyrrole nitrogens is 1. The van der Waals surface area contributed by atoms with Crippen molar-refractivity contribution in [3.8, 4) is 0 Å². The summed E-state index contributed by atoms with van der Waals surface area (Å²) in [5, 5.41) is 8.95. The molecule has 0 fully saturated rings. The van der Waals surface area contributed by atoms with E-state index in [0.717, 1.165) is 16.1 Å². The topological polar surface area (TPSA) is 28.7 Å². The van der Waals surface area contributed by atoms with Crippen molar-refractivity contribution in [3.63, 3.8) is 0 Å². The predicted molar refractivity (Wildman–Crippen MR) is 47.3 cm³/mol. The maximum Gasteiger partial charge on any atom is 0.0607 e. The van der Waals surface area contributed by atoms with Crippen LogP contribution in [0, 0.1) is 0 Å². The molecular weight excluding hydrogens is 136 g/mol. The summed E-state index contributed by atoms with van der Waals surface area (Å²) in [4.78, 5) is 0. The Balaban J connectivity index is 3.35. The average Bonchev–Trinajstić information content (AvgIpc) is 2.34. The Morgan fingerprint density at radius 2 is 2.45 bits per heavy atom. The second-order valence-electron chi connectivity index (χ2n) is 2.52. The summed E-state index contributed by atoms with van der Waals surface area (Å²) >= 11 is 0. The van der Waals surface area contributed by atoms with Crippen molar-refractivity contribution in [1.29, 1.82) is 0 Å². The molecule has 0 aliphatic rings. The molecule has 1 rings (SSSR count). The van der Waals surface area contributed by atoms with Crippen LogP contribution in [0.3, 0.4) is 0 Å². The van der Waals surface area contributed by atoms with Gasteiger partial charge in [-0.15, -0.1) is 0 Å². The highest BCUT2D eigenvalue weighted by Gasteiger charge is 1.84. The molecule has 0 unspecified atom stereocenters. The lowest BCUT2D eigenvalue weighted by Crippen LogP contribution is -2.21. The summed E-state index contributed by atoms with van der Waals surface area (Å²) in [6, 6.07) is 0. The van der Waals surface area contributed by atoms with Gasteiger partial charge in [0.05, 0.1) is 11.5 Å². The normalized spacial score (nSPS) is 14.0. The molecule has 0 saturated carbocycles. The summed E-state index contributed by atoms with van der Waals surface area (Å²) in [5.74, 6) is 0. The minimum atomic E-state index is 1.04. The van der Waals surface area contributed by atoms with E-state index < -0.39 is 0 Å². The molecule has 58 valence electrons. The first kappa shape index (κ1) is 7.79. The zero-order chi connectivity index (χ0) is 8.27. The maximum absolute atomic E-state index is 3.92. The van der Waals surface area contributed by atoms with E-state index in [4.69, 9.17) is 0 Å². The highest BCUT2D eigenvalue weighted by atomic mass is 15.1. The highest BCUT2D eigenvalue weighted by Crippen LogP contribution is 1.84. The molecular formula is C9H12N2. The first-order valence-electron chi connectivity index (χ1n) is 3.57. The Morgan fingerprint density at radius 1 is 1.73 bits per heavy atom. The van der Waals surface area contributed by atoms with Crippen molar-refractivity contribution in [2.45, 2.75) is 13.8 Å². The SMILES string of the molecule is C=C(C)C=c1cn[nH]c1=CC. The van der Waals surface area contributed by atoms with Gasteiger partial charge in [-0.2, -0.15) is 5.10 Å². The number of rotatable bonds is 1. The number of aromatic amines is 1. The zero-order valence-corrected chi connectivity index (χ0v) is 6.89. The van der Waals surface area contributed by atoms with Crippen LogP contribution >= 0.6 is 0 Å². The molecule has 0 aliphatic heterocycles. The summed E-state index contributed by atoms with van der Waals surface area (Å²) < 4.78 is 0. The molecule has 1 aromatic rings. The molecule has 11 heavy (non-hydrogen) atoms. The summed E-state index contributed by atoms with van der Waals surface area (Å²) in [5.41, 5.74) is 1.04. The van der Waals surface area contributed by atoms with Gasteiger partial charge in [0.1, 0.15) is 0 Å². The average molecular weight is 148 g/mol. The fourth-order valence-corrected chi connectivity index (χ4v) is 0.917. The van der Waals surface area contributed by atoms with Crippen LogP contribution in [0.1, 0.15) is 13.8 Å². The van der Waals surface area contributed by atoms with E-state index in [1.807, 2.05) is 26.0 Å². The second-order valence-corrected chi connectivity index (χ2v) is 2.52. The minimum Gasteiger partial charge on any atom is -0.278 e. The zero-order valence-electron chi connectivity index (χ0n) is 6.89. The Morgan fingerprint density at radius 3 is 3.00 bits per heavy atom. The van der Waals surface area contributed by atoms with Gasteiger partial charge in [0.2, 0.25) is 0 Å². The highest BCUT2D eigenvalue weighted by molar-refractivity contribution is 5.43. The van der Waals surface area contributed by atoms with E-state index in [1.54, 1.807) is 6.20 Å². The summed E-state index contributed by atoms with van der Waals surface area (Å²) in [6.07, 6.45) is 5.78. The first-order chi connectivity index (χ1) is 5.24. The van der Waals surface area contributed by atoms with Crippen LogP contribution in [0.5, 0.6) is 0 Å². The smallest absolute Gasteiger partial charge is 0.0607 e. The molecule has 2 nitrogen and oxygen atoms in total. The molecule has 1 heterocycles. The second kappa shape index (κ2) is 3.19. The van der Waals surface area contributed by atoms with Gasteiger partial charge in [0.25, 0.3) is 0 Å². The van der Waals surface area contributed by atoms with Crippen molar-refractivity contribution in [2.75, 3.05) is 0 Å². The fraction of sp³-hybridized carbons (Fsp3) is 0.222. The van der Waals surface area contributed by atoms with Crippen LogP contribution in [-0.2, 0) is 0 Å². The van der Waals surface area contributed by atoms with E-state index >= 15 is 0 Å². The van der Waals surface area contributed by atoms with Gasteiger partial charge in [0, 0.05) is 5.22 Å². The molecule has 0 amide bonds. The van der Waals surface area contributed by atoms with Gasteiger partial charge in [-0.25, -0.2) is 0 Å². The Bertz CT molecular complexity index is 357. The van der Waals surface area contributed by atoms with Crippen LogP contribution in [-0.4, -0.2) is 10.2 Å². The van der Waals surface area contributed by atoms with Gasteiger partial charge in [-0.05, 0) is 19.9 Å². The van der Waals surface area contributed by atoms with E-state index in [0.29, 0.717) is 0 Å². The quantitative estimate of drug-likeness (QED) is 0.619. The Labute approximate surface area is 65.9 Å². The molecule has 0 aromatic carbocycles. The summed E-state index contributed by atoms with van der Waals surface area (Å²) in [6.45, 7) is 7.73. The molecule has 0 aliphatic carbocycles. The predicted octanol–water partition coefficient (Wildman–Crippen LogP) is 0.567. The van der Waals surface area contributed by atoms with Gasteiger partial charge < -0.3 is 0 Å². The van der Waals surface area contributed by atoms with Crippen LogP contribution in [0.2, 0.25) is 0 Å². The number of nitrogens with one attached hydrogen (secondary N) is 1. The van der Waals surface area contributed by atoms with Gasteiger partial charge in [0.15, 0.2) is 0 Å². The number of aromatic nitrogens is 2.